The van der Waals surface area contributed by atoms with Crippen molar-refractivity contribution >= 4 is 46.1 Å². The third-order valence-corrected chi connectivity index (χ3v) is 4.72. The zero-order chi connectivity index (χ0) is 18.7. The summed E-state index contributed by atoms with van der Waals surface area (Å²) in [6, 6.07) is 14.6. The van der Waals surface area contributed by atoms with Gasteiger partial charge in [0.1, 0.15) is 5.25 Å². The van der Waals surface area contributed by atoms with Crippen molar-refractivity contribution in [3.63, 3.8) is 0 Å². The monoisotopic (exact) mass is 369 g/mol. The van der Waals surface area contributed by atoms with Crippen molar-refractivity contribution < 1.29 is 19.5 Å². The van der Waals surface area contributed by atoms with Crippen LogP contribution < -0.4 is 10.6 Å². The molecule has 0 radical (unpaired) electrons. The SMILES string of the molecule is NC(=Nc1ccccc1)S[C@H]1CC(=O)N(c2ccc(C(=O)O)cc2)C1=O. The van der Waals surface area contributed by atoms with Crippen LogP contribution in [0.4, 0.5) is 11.4 Å². The maximum Gasteiger partial charge on any atom is 0.335 e. The van der Waals surface area contributed by atoms with Crippen LogP contribution in [0.2, 0.25) is 0 Å². The van der Waals surface area contributed by atoms with Gasteiger partial charge in [-0.2, -0.15) is 0 Å². The van der Waals surface area contributed by atoms with E-state index in [2.05, 4.69) is 4.99 Å². The average molecular weight is 369 g/mol. The quantitative estimate of drug-likeness (QED) is 0.486. The van der Waals surface area contributed by atoms with Crippen molar-refractivity contribution in [2.24, 2.45) is 10.7 Å². The van der Waals surface area contributed by atoms with E-state index in [1.165, 1.54) is 24.3 Å². The van der Waals surface area contributed by atoms with E-state index in [-0.39, 0.29) is 23.1 Å². The number of amidine groups is 1. The van der Waals surface area contributed by atoms with Crippen LogP contribution in [0, 0.1) is 0 Å². The lowest BCUT2D eigenvalue weighted by Crippen LogP contribution is -2.31. The molecule has 2 aromatic carbocycles. The van der Waals surface area contributed by atoms with Gasteiger partial charge in [0.2, 0.25) is 11.8 Å². The number of hydrogen-bond acceptors (Lipinski definition) is 5. The van der Waals surface area contributed by atoms with Gasteiger partial charge in [-0.25, -0.2) is 14.7 Å². The number of anilines is 1. The number of aromatic carboxylic acids is 1. The Balaban J connectivity index is 1.74. The van der Waals surface area contributed by atoms with Crippen molar-refractivity contribution in [2.75, 3.05) is 4.90 Å². The Morgan fingerprint density at radius 3 is 2.38 bits per heavy atom. The van der Waals surface area contributed by atoms with Crippen LogP contribution in [0.25, 0.3) is 0 Å². The van der Waals surface area contributed by atoms with Gasteiger partial charge >= 0.3 is 5.97 Å². The van der Waals surface area contributed by atoms with Gasteiger partial charge in [0.05, 0.1) is 16.9 Å². The minimum absolute atomic E-state index is 0.00912. The molecule has 1 heterocycles. The lowest BCUT2D eigenvalue weighted by Gasteiger charge is -2.15. The molecule has 7 nitrogen and oxygen atoms in total. The first-order valence-electron chi connectivity index (χ1n) is 7.72. The molecule has 2 aromatic rings. The van der Waals surface area contributed by atoms with E-state index in [0.29, 0.717) is 11.4 Å². The van der Waals surface area contributed by atoms with Crippen molar-refractivity contribution in [2.45, 2.75) is 11.7 Å². The summed E-state index contributed by atoms with van der Waals surface area (Å²) in [4.78, 5) is 41.0. The molecule has 1 atom stereocenters. The topological polar surface area (TPSA) is 113 Å². The number of thioether (sulfide) groups is 1. The Labute approximate surface area is 153 Å². The zero-order valence-corrected chi connectivity index (χ0v) is 14.3. The van der Waals surface area contributed by atoms with E-state index >= 15 is 0 Å². The van der Waals surface area contributed by atoms with Crippen molar-refractivity contribution in [1.29, 1.82) is 0 Å². The predicted molar refractivity (Wildman–Crippen MR) is 99.6 cm³/mol. The highest BCUT2D eigenvalue weighted by Gasteiger charge is 2.40. The number of carboxylic acids is 1. The summed E-state index contributed by atoms with van der Waals surface area (Å²) in [7, 11) is 0. The van der Waals surface area contributed by atoms with Crippen molar-refractivity contribution in [3.05, 3.63) is 60.2 Å². The first-order valence-corrected chi connectivity index (χ1v) is 8.59. The summed E-state index contributed by atoms with van der Waals surface area (Å²) in [5, 5.41) is 8.47. The normalized spacial score (nSPS) is 17.6. The summed E-state index contributed by atoms with van der Waals surface area (Å²) in [6.45, 7) is 0. The van der Waals surface area contributed by atoms with Crippen LogP contribution in [0.3, 0.4) is 0 Å². The minimum atomic E-state index is -1.08. The summed E-state index contributed by atoms with van der Waals surface area (Å²) < 4.78 is 0. The molecule has 0 saturated carbocycles. The van der Waals surface area contributed by atoms with Gasteiger partial charge in [-0.05, 0) is 36.4 Å². The van der Waals surface area contributed by atoms with Gasteiger partial charge in [0, 0.05) is 6.42 Å². The Kier molecular flexibility index (Phi) is 5.04. The van der Waals surface area contributed by atoms with E-state index in [9.17, 15) is 14.4 Å². The third kappa shape index (κ3) is 3.75. The largest absolute Gasteiger partial charge is 0.478 e. The molecule has 26 heavy (non-hydrogen) atoms. The molecule has 0 aromatic heterocycles. The van der Waals surface area contributed by atoms with Crippen molar-refractivity contribution in [1.82, 2.24) is 0 Å². The van der Waals surface area contributed by atoms with Gasteiger partial charge in [-0.15, -0.1) is 0 Å². The molecule has 1 fully saturated rings. The van der Waals surface area contributed by atoms with Crippen LogP contribution in [0.1, 0.15) is 16.8 Å². The van der Waals surface area contributed by atoms with Gasteiger partial charge in [-0.3, -0.25) is 9.59 Å². The molecule has 132 valence electrons. The number of benzene rings is 2. The van der Waals surface area contributed by atoms with Gasteiger partial charge < -0.3 is 10.8 Å². The van der Waals surface area contributed by atoms with E-state index in [4.69, 9.17) is 10.8 Å². The number of nitrogens with two attached hydrogens (primary N) is 1. The smallest absolute Gasteiger partial charge is 0.335 e. The maximum atomic E-state index is 12.6. The Morgan fingerprint density at radius 1 is 1.12 bits per heavy atom. The molecule has 3 N–H and O–H groups in total. The lowest BCUT2D eigenvalue weighted by atomic mass is 10.2. The number of rotatable bonds is 4. The second-order valence-corrected chi connectivity index (χ2v) is 6.74. The van der Waals surface area contributed by atoms with Crippen molar-refractivity contribution in [3.8, 4) is 0 Å². The summed E-state index contributed by atoms with van der Waals surface area (Å²) in [6.07, 6.45) is 0.00912. The molecule has 0 aliphatic carbocycles. The third-order valence-electron chi connectivity index (χ3n) is 3.74. The first-order chi connectivity index (χ1) is 12.5. The van der Waals surface area contributed by atoms with Crippen LogP contribution >= 0.6 is 11.8 Å². The minimum Gasteiger partial charge on any atom is -0.478 e. The molecule has 1 aliphatic rings. The second kappa shape index (κ2) is 7.40. The molecule has 0 unspecified atom stereocenters. The second-order valence-electron chi connectivity index (χ2n) is 5.52. The number of imide groups is 1. The van der Waals surface area contributed by atoms with Crippen LogP contribution in [-0.2, 0) is 9.59 Å². The number of para-hydroxylation sites is 1. The average Bonchev–Trinajstić information content (AvgIpc) is 2.89. The highest BCUT2D eigenvalue weighted by atomic mass is 32.2. The Morgan fingerprint density at radius 2 is 1.77 bits per heavy atom. The number of carbonyl (C=O) groups is 3. The van der Waals surface area contributed by atoms with Crippen LogP contribution in [0.15, 0.2) is 59.6 Å². The van der Waals surface area contributed by atoms with Gasteiger partial charge in [0.15, 0.2) is 5.17 Å². The number of carboxylic acid groups (broad SMARTS) is 1. The summed E-state index contributed by atoms with van der Waals surface area (Å²) in [5.41, 5.74) is 6.98. The zero-order valence-electron chi connectivity index (χ0n) is 13.5. The molecule has 1 saturated heterocycles. The fourth-order valence-electron chi connectivity index (χ4n) is 2.52. The molecule has 8 heteroatoms. The first kappa shape index (κ1) is 17.7. The molecule has 3 rings (SSSR count). The molecular formula is C18H15N3O4S. The van der Waals surface area contributed by atoms with Gasteiger partial charge in [-0.1, -0.05) is 30.0 Å². The van der Waals surface area contributed by atoms with E-state index in [0.717, 1.165) is 16.7 Å². The number of nitrogens with zero attached hydrogens (tertiary/aromatic N) is 2. The summed E-state index contributed by atoms with van der Waals surface area (Å²) in [5.74, 6) is -1.83. The van der Waals surface area contributed by atoms with Crippen LogP contribution in [-0.4, -0.2) is 33.3 Å². The molecule has 0 bridgehead atoms. The Bertz CT molecular complexity index is 881. The highest BCUT2D eigenvalue weighted by Crippen LogP contribution is 2.30. The number of hydrogen-bond donors (Lipinski definition) is 2. The lowest BCUT2D eigenvalue weighted by molar-refractivity contribution is -0.121. The highest BCUT2D eigenvalue weighted by molar-refractivity contribution is 8.15. The van der Waals surface area contributed by atoms with E-state index < -0.39 is 17.1 Å². The van der Waals surface area contributed by atoms with E-state index in [1.807, 2.05) is 18.2 Å². The number of amides is 2. The molecule has 0 spiro atoms. The van der Waals surface area contributed by atoms with Crippen LogP contribution in [0.5, 0.6) is 0 Å². The predicted octanol–water partition coefficient (Wildman–Crippen LogP) is 2.40. The number of aliphatic imine (C=N–C) groups is 1. The fourth-order valence-corrected chi connectivity index (χ4v) is 3.40. The maximum absolute atomic E-state index is 12.6. The fraction of sp³-hybridized carbons (Fsp3) is 0.111. The summed E-state index contributed by atoms with van der Waals surface area (Å²) >= 11 is 1.04. The molecule has 1 aliphatic heterocycles. The van der Waals surface area contributed by atoms with Gasteiger partial charge in [0.25, 0.3) is 0 Å². The number of carbonyl (C=O) groups excluding carboxylic acids is 2. The molecular weight excluding hydrogens is 354 g/mol. The van der Waals surface area contributed by atoms with E-state index in [1.54, 1.807) is 12.1 Å². The standard InChI is InChI=1S/C18H15N3O4S/c19-18(20-12-4-2-1-3-5-12)26-14-10-15(22)21(16(14)23)13-8-6-11(7-9-13)17(24)25/h1-9,14H,10H2,(H2,19,20)(H,24,25)/t14-/m0/s1. The molecule has 2 amide bonds. The Hall–Kier alpha value is -3.13.